The number of hydrogen-bond acceptors (Lipinski definition) is 5. The molecule has 9 heteroatoms. The van der Waals surface area contributed by atoms with Gasteiger partial charge in [0.05, 0.1) is 23.6 Å². The lowest BCUT2D eigenvalue weighted by atomic mass is 10.3. The molecule has 25 heavy (non-hydrogen) atoms. The molecular weight excluding hydrogens is 383 g/mol. The molecule has 0 spiro atoms. The van der Waals surface area contributed by atoms with E-state index in [2.05, 4.69) is 10.3 Å². The molecule has 3 heterocycles. The van der Waals surface area contributed by atoms with E-state index in [-0.39, 0.29) is 24.8 Å². The third-order valence-corrected chi connectivity index (χ3v) is 4.26. The number of rotatable bonds is 4. The van der Waals surface area contributed by atoms with Crippen molar-refractivity contribution in [1.82, 2.24) is 0 Å². The van der Waals surface area contributed by atoms with Crippen molar-refractivity contribution in [3.63, 3.8) is 0 Å². The van der Waals surface area contributed by atoms with E-state index >= 15 is 0 Å². The molecule has 6 nitrogen and oxygen atoms in total. The van der Waals surface area contributed by atoms with Crippen molar-refractivity contribution in [3.05, 3.63) is 72.3 Å². The summed E-state index contributed by atoms with van der Waals surface area (Å²) < 4.78 is 3.93. The maximum atomic E-state index is 8.63. The van der Waals surface area contributed by atoms with Crippen LogP contribution in [0.4, 0.5) is 0 Å². The van der Waals surface area contributed by atoms with Crippen molar-refractivity contribution in [1.29, 1.82) is 0 Å². The van der Waals surface area contributed by atoms with Crippen LogP contribution in [-0.2, 0) is 0 Å². The highest BCUT2D eigenvalue weighted by atomic mass is 35.5. The maximum absolute atomic E-state index is 8.63. The largest absolute Gasteiger partial charge is 1.00 e. The second kappa shape index (κ2) is 9.73. The highest BCUT2D eigenvalue weighted by Gasteiger charge is 2.16. The Kier molecular flexibility index (Phi) is 8.00. The van der Waals surface area contributed by atoms with E-state index in [9.17, 15) is 0 Å². The summed E-state index contributed by atoms with van der Waals surface area (Å²) in [6, 6.07) is 11.5. The highest BCUT2D eigenvalue weighted by molar-refractivity contribution is 7.15. The van der Waals surface area contributed by atoms with Gasteiger partial charge in [0, 0.05) is 24.3 Å². The van der Waals surface area contributed by atoms with Crippen LogP contribution in [-0.4, -0.2) is 22.8 Å². The van der Waals surface area contributed by atoms with Gasteiger partial charge in [-0.05, 0) is 23.5 Å². The Balaban J connectivity index is 0.00000156. The minimum atomic E-state index is 0. The van der Waals surface area contributed by atoms with Crippen LogP contribution in [0.1, 0.15) is 11.1 Å². The number of hydrogen-bond donors (Lipinski definition) is 2. The Hall–Kier alpha value is -2.48. The normalized spacial score (nSPS) is 10.6. The Bertz CT molecular complexity index is 814. The van der Waals surface area contributed by atoms with Gasteiger partial charge in [0.15, 0.2) is 24.8 Å². The van der Waals surface area contributed by atoms with Crippen molar-refractivity contribution < 1.29 is 44.4 Å². The van der Waals surface area contributed by atoms with Gasteiger partial charge < -0.3 is 35.2 Å². The summed E-state index contributed by atoms with van der Waals surface area (Å²) in [5.41, 5.74) is 1.61. The van der Waals surface area contributed by atoms with Crippen LogP contribution < -0.4 is 33.9 Å². The molecule has 0 fully saturated rings. The summed E-state index contributed by atoms with van der Waals surface area (Å²) in [4.78, 5) is 0. The van der Waals surface area contributed by atoms with Crippen LogP contribution in [0.2, 0.25) is 0 Å². The minimum absolute atomic E-state index is 0. The van der Waals surface area contributed by atoms with Gasteiger partial charge in [-0.1, -0.05) is 10.3 Å². The average molecular weight is 397 g/mol. The second-order valence-electron chi connectivity index (χ2n) is 4.69. The first-order valence-corrected chi connectivity index (χ1v) is 7.60. The van der Waals surface area contributed by atoms with Gasteiger partial charge in [-0.25, -0.2) is 0 Å². The van der Waals surface area contributed by atoms with Gasteiger partial charge in [-0.15, -0.1) is 0 Å². The van der Waals surface area contributed by atoms with E-state index in [1.165, 1.54) is 12.4 Å². The number of pyridine rings is 2. The first-order chi connectivity index (χ1) is 11.3. The van der Waals surface area contributed by atoms with E-state index in [0.29, 0.717) is 0 Å². The van der Waals surface area contributed by atoms with Gasteiger partial charge in [0.1, 0.15) is 0 Å². The zero-order valence-electron chi connectivity index (χ0n) is 12.8. The minimum Gasteiger partial charge on any atom is -1.00 e. The third kappa shape index (κ3) is 4.99. The molecule has 0 aliphatic heterocycles. The molecule has 0 aliphatic rings. The van der Waals surface area contributed by atoms with Crippen molar-refractivity contribution in [3.8, 4) is 10.0 Å². The second-order valence-corrected chi connectivity index (χ2v) is 5.73. The van der Waals surface area contributed by atoms with Gasteiger partial charge >= 0.3 is 0 Å². The quantitative estimate of drug-likeness (QED) is 0.204. The van der Waals surface area contributed by atoms with Gasteiger partial charge in [0.2, 0.25) is 0 Å². The van der Waals surface area contributed by atoms with Crippen LogP contribution in [0.5, 0.6) is 0 Å². The summed E-state index contributed by atoms with van der Waals surface area (Å²) in [5.74, 6) is 0. The fourth-order valence-electron chi connectivity index (χ4n) is 2.14. The van der Waals surface area contributed by atoms with Crippen LogP contribution >= 0.6 is 11.3 Å². The lowest BCUT2D eigenvalue weighted by Crippen LogP contribution is -3.00. The van der Waals surface area contributed by atoms with Crippen LogP contribution in [0.25, 0.3) is 10.0 Å². The van der Waals surface area contributed by atoms with Crippen molar-refractivity contribution in [2.45, 2.75) is 0 Å². The van der Waals surface area contributed by atoms with Crippen LogP contribution in [0.3, 0.4) is 0 Å². The molecule has 0 aliphatic carbocycles. The van der Waals surface area contributed by atoms with E-state index in [0.717, 1.165) is 21.1 Å². The molecule has 0 unspecified atom stereocenters. The van der Waals surface area contributed by atoms with Crippen molar-refractivity contribution in [2.75, 3.05) is 0 Å². The summed E-state index contributed by atoms with van der Waals surface area (Å²) in [7, 11) is 0. The van der Waals surface area contributed by atoms with Gasteiger partial charge in [0.25, 0.3) is 10.0 Å². The third-order valence-electron chi connectivity index (χ3n) is 3.15. The maximum Gasteiger partial charge on any atom is 0.273 e. The number of halogens is 2. The van der Waals surface area contributed by atoms with Crippen LogP contribution in [0.15, 0.2) is 71.5 Å². The Labute approximate surface area is 160 Å². The predicted molar refractivity (Wildman–Crippen MR) is 86.1 cm³/mol. The average Bonchev–Trinajstić information content (AvgIpc) is 3.06. The number of thiophene rings is 1. The van der Waals surface area contributed by atoms with E-state index in [4.69, 9.17) is 10.4 Å². The standard InChI is InChI=1S/C16H12N4O2S.2ClH/c21-17-9-13-3-1-7-19(11-13)15-5-6-16(23-15)20-8-2-4-14(12-20)10-18-22;;/h1-12H;2*1H/b17-9+,18-10+;;. The SMILES string of the molecule is O/N=C/c1ccc[n+](-c2ccc(-[n+]3cccc(/C=N/O)c3)s2)c1.[Cl-].[Cl-]. The number of aromatic nitrogens is 2. The summed E-state index contributed by atoms with van der Waals surface area (Å²) in [5, 5.41) is 25.4. The molecule has 2 N–H and O–H groups in total. The molecule has 3 aromatic heterocycles. The summed E-state index contributed by atoms with van der Waals surface area (Å²) in [6.07, 6.45) is 10.4. The van der Waals surface area contributed by atoms with Gasteiger partial charge in [-0.3, -0.25) is 0 Å². The molecule has 0 amide bonds. The molecule has 3 rings (SSSR count). The first kappa shape index (κ1) is 20.6. The molecule has 0 radical (unpaired) electrons. The monoisotopic (exact) mass is 396 g/mol. The Morgan fingerprint density at radius 2 is 1.20 bits per heavy atom. The molecule has 0 bridgehead atoms. The molecular formula is C16H14Cl2N4O2S. The zero-order chi connectivity index (χ0) is 16.1. The number of oxime groups is 2. The molecule has 0 aromatic carbocycles. The smallest absolute Gasteiger partial charge is 0.273 e. The Morgan fingerprint density at radius 1 is 0.760 bits per heavy atom. The molecule has 0 saturated heterocycles. The lowest BCUT2D eigenvalue weighted by Gasteiger charge is -1.93. The van der Waals surface area contributed by atoms with E-state index in [1.807, 2.05) is 70.3 Å². The van der Waals surface area contributed by atoms with Crippen molar-refractivity contribution >= 4 is 23.8 Å². The molecule has 0 saturated carbocycles. The first-order valence-electron chi connectivity index (χ1n) is 6.78. The van der Waals surface area contributed by atoms with Crippen molar-refractivity contribution in [2.24, 2.45) is 10.3 Å². The topological polar surface area (TPSA) is 72.9 Å². The Morgan fingerprint density at radius 3 is 1.60 bits per heavy atom. The summed E-state index contributed by atoms with van der Waals surface area (Å²) >= 11 is 1.60. The van der Waals surface area contributed by atoms with Gasteiger partial charge in [-0.2, -0.15) is 9.13 Å². The van der Waals surface area contributed by atoms with E-state index in [1.54, 1.807) is 11.3 Å². The molecule has 130 valence electrons. The fourth-order valence-corrected chi connectivity index (χ4v) is 3.07. The fraction of sp³-hybridized carbons (Fsp3) is 0. The highest BCUT2D eigenvalue weighted by Crippen LogP contribution is 2.16. The molecule has 3 aromatic rings. The zero-order valence-corrected chi connectivity index (χ0v) is 15.1. The lowest BCUT2D eigenvalue weighted by molar-refractivity contribution is -0.594. The number of nitrogens with zero attached hydrogens (tertiary/aromatic N) is 4. The van der Waals surface area contributed by atoms with Crippen LogP contribution in [0, 0.1) is 0 Å². The summed E-state index contributed by atoms with van der Waals surface area (Å²) in [6.45, 7) is 0. The molecule has 0 atom stereocenters. The van der Waals surface area contributed by atoms with E-state index < -0.39 is 0 Å². The predicted octanol–water partition coefficient (Wildman–Crippen LogP) is -4.07.